The van der Waals surface area contributed by atoms with Gasteiger partial charge in [0.25, 0.3) is 5.91 Å². The molecule has 45 heavy (non-hydrogen) atoms. The second-order valence-electron chi connectivity index (χ2n) is 12.6. The van der Waals surface area contributed by atoms with Crippen molar-refractivity contribution >= 4 is 40.7 Å². The number of hydrogen-bond acceptors (Lipinski definition) is 7. The lowest BCUT2D eigenvalue weighted by molar-refractivity contribution is -0.148. The molecule has 4 rings (SSSR count). The highest BCUT2D eigenvalue weighted by Crippen LogP contribution is 2.35. The molecule has 2 aliphatic heterocycles. The molecule has 2 saturated heterocycles. The van der Waals surface area contributed by atoms with E-state index in [0.717, 1.165) is 48.2 Å². The van der Waals surface area contributed by atoms with E-state index in [0.29, 0.717) is 32.2 Å². The molecule has 1 aromatic carbocycles. The number of fused-ring (bicyclic) bond motifs is 1. The van der Waals surface area contributed by atoms with Crippen molar-refractivity contribution in [2.24, 2.45) is 11.3 Å². The van der Waals surface area contributed by atoms with Crippen LogP contribution in [0, 0.1) is 11.3 Å². The molecule has 11 nitrogen and oxygen atoms in total. The molecule has 244 valence electrons. The average molecular weight is 621 g/mol. The van der Waals surface area contributed by atoms with E-state index in [9.17, 15) is 24.3 Å². The quantitative estimate of drug-likeness (QED) is 0.300. The highest BCUT2D eigenvalue weighted by molar-refractivity contribution is 5.94. The number of nitrogens with zero attached hydrogens (tertiary/aromatic N) is 3. The first-order valence-corrected chi connectivity index (χ1v) is 16.2. The Balaban J connectivity index is 1.50. The zero-order valence-electron chi connectivity index (χ0n) is 27.1. The lowest BCUT2D eigenvalue weighted by atomic mass is 9.76. The zero-order chi connectivity index (χ0) is 32.7. The van der Waals surface area contributed by atoms with E-state index in [1.165, 1.54) is 5.01 Å². The molecular formula is C34H48N6O5. The lowest BCUT2D eigenvalue weighted by Crippen LogP contribution is -2.61. The summed E-state index contributed by atoms with van der Waals surface area (Å²) in [6, 6.07) is 7.59. The molecule has 2 aromatic rings. The van der Waals surface area contributed by atoms with Gasteiger partial charge in [-0.25, -0.2) is 5.43 Å². The molecule has 0 spiro atoms. The number of amides is 3. The third kappa shape index (κ3) is 8.26. The number of piperidine rings is 1. The van der Waals surface area contributed by atoms with Crippen LogP contribution in [0.15, 0.2) is 36.4 Å². The minimum absolute atomic E-state index is 0.212. The van der Waals surface area contributed by atoms with E-state index in [-0.39, 0.29) is 11.8 Å². The molecule has 3 heterocycles. The number of pyridine rings is 1. The maximum absolute atomic E-state index is 14.1. The molecule has 3 unspecified atom stereocenters. The number of carbonyl (C=O) groups excluding carboxylic acids is 3. The Labute approximate surface area is 265 Å². The van der Waals surface area contributed by atoms with Crippen molar-refractivity contribution in [2.75, 3.05) is 26.2 Å². The monoisotopic (exact) mass is 620 g/mol. The Hall–Kier alpha value is -3.83. The average Bonchev–Trinajstić information content (AvgIpc) is 3.05. The second-order valence-corrected chi connectivity index (χ2v) is 12.6. The Bertz CT molecular complexity index is 1420. The summed E-state index contributed by atoms with van der Waals surface area (Å²) in [4.78, 5) is 59.1. The normalized spacial score (nSPS) is 20.2. The highest BCUT2D eigenvalue weighted by Gasteiger charge is 2.41. The van der Waals surface area contributed by atoms with Gasteiger partial charge in [0.05, 0.1) is 10.9 Å². The van der Waals surface area contributed by atoms with E-state index in [2.05, 4.69) is 40.9 Å². The molecule has 11 heteroatoms. The van der Waals surface area contributed by atoms with Crippen LogP contribution in [0.1, 0.15) is 71.6 Å². The van der Waals surface area contributed by atoms with Crippen LogP contribution in [0.5, 0.6) is 0 Å². The fraction of sp³-hybridized carbons (Fsp3) is 0.559. The van der Waals surface area contributed by atoms with Gasteiger partial charge in [-0.15, -0.1) is 0 Å². The number of aromatic nitrogens is 1. The van der Waals surface area contributed by atoms with Crippen LogP contribution in [0.4, 0.5) is 0 Å². The zero-order valence-corrected chi connectivity index (χ0v) is 27.1. The summed E-state index contributed by atoms with van der Waals surface area (Å²) >= 11 is 0. The van der Waals surface area contributed by atoms with Crippen molar-refractivity contribution in [1.82, 2.24) is 31.0 Å². The summed E-state index contributed by atoms with van der Waals surface area (Å²) in [6.45, 7) is 12.2. The Morgan fingerprint density at radius 1 is 1.07 bits per heavy atom. The number of carbonyl (C=O) groups is 4. The number of likely N-dealkylation sites (tertiary alicyclic amines) is 1. The number of rotatable bonds is 11. The summed E-state index contributed by atoms with van der Waals surface area (Å²) in [5, 5.41) is 17.5. The van der Waals surface area contributed by atoms with E-state index in [4.69, 9.17) is 4.98 Å². The van der Waals surface area contributed by atoms with Gasteiger partial charge in [0.15, 0.2) is 0 Å². The smallest absolute Gasteiger partial charge is 0.322 e. The highest BCUT2D eigenvalue weighted by atomic mass is 16.4. The maximum Gasteiger partial charge on any atom is 0.322 e. The van der Waals surface area contributed by atoms with Gasteiger partial charge in [-0.1, -0.05) is 58.0 Å². The predicted octanol–water partition coefficient (Wildman–Crippen LogP) is 3.14. The van der Waals surface area contributed by atoms with Crippen LogP contribution in [0.3, 0.4) is 0 Å². The molecule has 1 aromatic heterocycles. The summed E-state index contributed by atoms with van der Waals surface area (Å²) in [6.07, 6.45) is 7.02. The Kier molecular flexibility index (Phi) is 11.3. The van der Waals surface area contributed by atoms with Crippen LogP contribution in [0.25, 0.3) is 17.0 Å². The van der Waals surface area contributed by atoms with Gasteiger partial charge in [-0.05, 0) is 82.3 Å². The number of aryl methyl sites for hydroxylation is 1. The van der Waals surface area contributed by atoms with E-state index < -0.39 is 41.3 Å². The third-order valence-corrected chi connectivity index (χ3v) is 9.09. The first kappa shape index (κ1) is 34.1. The lowest BCUT2D eigenvalue weighted by Gasteiger charge is -2.39. The third-order valence-electron chi connectivity index (χ3n) is 9.09. The van der Waals surface area contributed by atoms with Crippen molar-refractivity contribution in [3.05, 3.63) is 47.7 Å². The fourth-order valence-corrected chi connectivity index (χ4v) is 6.01. The van der Waals surface area contributed by atoms with Crippen molar-refractivity contribution in [2.45, 2.75) is 84.8 Å². The van der Waals surface area contributed by atoms with Crippen LogP contribution in [-0.2, 0) is 25.6 Å². The first-order chi connectivity index (χ1) is 21.5. The molecule has 2 aliphatic rings. The van der Waals surface area contributed by atoms with Gasteiger partial charge in [0.2, 0.25) is 11.8 Å². The van der Waals surface area contributed by atoms with Crippen molar-refractivity contribution in [3.8, 4) is 0 Å². The van der Waals surface area contributed by atoms with Crippen molar-refractivity contribution < 1.29 is 24.3 Å². The Morgan fingerprint density at radius 3 is 2.42 bits per heavy atom. The van der Waals surface area contributed by atoms with E-state index >= 15 is 0 Å². The van der Waals surface area contributed by atoms with Gasteiger partial charge in [0.1, 0.15) is 18.1 Å². The van der Waals surface area contributed by atoms with Gasteiger partial charge in [-0.2, -0.15) is 0 Å². The number of nitrogens with one attached hydrogen (secondary N) is 3. The number of hydrogen-bond donors (Lipinski definition) is 4. The van der Waals surface area contributed by atoms with Crippen LogP contribution >= 0.6 is 0 Å². The van der Waals surface area contributed by atoms with Gasteiger partial charge < -0.3 is 20.6 Å². The summed E-state index contributed by atoms with van der Waals surface area (Å²) < 4.78 is 0. The topological polar surface area (TPSA) is 144 Å². The standard InChI is InChI=1S/C34H48N6O5/c1-6-26-13-12-25-11-10-24(21-28(25)36-26)14-15-34(16-19-39(7-2)20-17-34)33(45)37-29(22(3)4)30(41)35-23(5)31(42)40-18-8-9-27(38-40)32(43)44/h10-15,21-23,27,29,38H,6-9,16-20H2,1-5H3,(H,35,41)(H,37,45)(H,43,44)/b15-14+. The SMILES string of the molecule is CCc1ccc2ccc(/C=C/C3(C(=O)NC(C(=O)NC(C)C(=O)N4CCCC(C(=O)O)N4)C(C)C)CCN(CC)CC3)cc2n1. The van der Waals surface area contributed by atoms with Crippen LogP contribution in [-0.4, -0.2) is 88.0 Å². The van der Waals surface area contributed by atoms with E-state index in [1.54, 1.807) is 6.92 Å². The number of carboxylic acids is 1. The first-order valence-electron chi connectivity index (χ1n) is 16.2. The second kappa shape index (κ2) is 15.0. The summed E-state index contributed by atoms with van der Waals surface area (Å²) in [5.41, 5.74) is 4.82. The van der Waals surface area contributed by atoms with Gasteiger partial charge in [0, 0.05) is 17.6 Å². The largest absolute Gasteiger partial charge is 0.480 e. The van der Waals surface area contributed by atoms with Crippen molar-refractivity contribution in [3.63, 3.8) is 0 Å². The Morgan fingerprint density at radius 2 is 1.78 bits per heavy atom. The molecule has 0 saturated carbocycles. The number of benzene rings is 1. The van der Waals surface area contributed by atoms with Crippen molar-refractivity contribution in [1.29, 1.82) is 0 Å². The minimum Gasteiger partial charge on any atom is -0.480 e. The van der Waals surface area contributed by atoms with Crippen LogP contribution in [0.2, 0.25) is 0 Å². The molecular weight excluding hydrogens is 572 g/mol. The molecule has 0 aliphatic carbocycles. The fourth-order valence-electron chi connectivity index (χ4n) is 6.01. The molecule has 0 bridgehead atoms. The van der Waals surface area contributed by atoms with Gasteiger partial charge in [-0.3, -0.25) is 29.2 Å². The van der Waals surface area contributed by atoms with Gasteiger partial charge >= 0.3 is 5.97 Å². The number of carboxylic acid groups (broad SMARTS) is 1. The maximum atomic E-state index is 14.1. The molecule has 2 fully saturated rings. The summed E-state index contributed by atoms with van der Waals surface area (Å²) in [7, 11) is 0. The molecule has 0 radical (unpaired) electrons. The number of hydrazine groups is 1. The number of aliphatic carboxylic acids is 1. The van der Waals surface area contributed by atoms with E-state index in [1.807, 2.05) is 50.3 Å². The van der Waals surface area contributed by atoms with Crippen LogP contribution < -0.4 is 16.1 Å². The predicted molar refractivity (Wildman–Crippen MR) is 174 cm³/mol. The summed E-state index contributed by atoms with van der Waals surface area (Å²) in [5.74, 6) is -2.36. The molecule has 4 N–H and O–H groups in total. The molecule has 3 atom stereocenters. The minimum atomic E-state index is -1.03. The molecule has 3 amide bonds.